The van der Waals surface area contributed by atoms with Crippen molar-refractivity contribution < 1.29 is 9.47 Å². The van der Waals surface area contributed by atoms with Crippen LogP contribution in [-0.2, 0) is 17.0 Å². The summed E-state index contributed by atoms with van der Waals surface area (Å²) in [5.74, 6) is 1.50. The van der Waals surface area contributed by atoms with Crippen LogP contribution in [0.4, 0.5) is 0 Å². The van der Waals surface area contributed by atoms with Gasteiger partial charge in [0.1, 0.15) is 10.8 Å². The second kappa shape index (κ2) is 10.1. The van der Waals surface area contributed by atoms with Gasteiger partial charge in [0.2, 0.25) is 0 Å². The minimum absolute atomic E-state index is 0.00745. The van der Waals surface area contributed by atoms with Gasteiger partial charge in [-0.2, -0.15) is 0 Å². The lowest BCUT2D eigenvalue weighted by molar-refractivity contribution is 0.0937. The number of fused-ring (bicyclic) bond motifs is 1. The first-order valence-corrected chi connectivity index (χ1v) is 13.0. The van der Waals surface area contributed by atoms with E-state index in [-0.39, 0.29) is 11.7 Å². The van der Waals surface area contributed by atoms with E-state index < -0.39 is 0 Å². The fourth-order valence-corrected chi connectivity index (χ4v) is 5.75. The Morgan fingerprint density at radius 2 is 2.03 bits per heavy atom. The predicted molar refractivity (Wildman–Crippen MR) is 133 cm³/mol. The number of aromatic nitrogens is 3. The van der Waals surface area contributed by atoms with Crippen molar-refractivity contribution in [3.8, 4) is 16.3 Å². The normalized spacial score (nSPS) is 15.8. The molecule has 33 heavy (non-hydrogen) atoms. The van der Waals surface area contributed by atoms with Crippen molar-refractivity contribution in [2.24, 2.45) is 0 Å². The summed E-state index contributed by atoms with van der Waals surface area (Å²) in [6, 6.07) is 15.5. The molecule has 6 nitrogen and oxygen atoms in total. The van der Waals surface area contributed by atoms with E-state index in [1.807, 2.05) is 55.5 Å². The summed E-state index contributed by atoms with van der Waals surface area (Å²) in [5.41, 5.74) is 2.76. The second-order valence-electron chi connectivity index (χ2n) is 7.85. The Bertz CT molecular complexity index is 1290. The molecule has 1 saturated heterocycles. The van der Waals surface area contributed by atoms with Crippen LogP contribution in [0.15, 0.2) is 63.9 Å². The first-order chi connectivity index (χ1) is 16.2. The molecule has 3 heterocycles. The molecule has 5 rings (SSSR count). The zero-order valence-electron chi connectivity index (χ0n) is 18.4. The van der Waals surface area contributed by atoms with Gasteiger partial charge >= 0.3 is 0 Å². The average Bonchev–Trinajstić information content (AvgIpc) is 3.53. The van der Waals surface area contributed by atoms with E-state index in [1.165, 1.54) is 0 Å². The topological polar surface area (TPSA) is 66.2 Å². The van der Waals surface area contributed by atoms with Crippen LogP contribution in [0.3, 0.4) is 0 Å². The van der Waals surface area contributed by atoms with Crippen LogP contribution in [0.2, 0.25) is 0 Å². The Labute approximate surface area is 200 Å². The van der Waals surface area contributed by atoms with Crippen LogP contribution < -0.4 is 10.3 Å². The van der Waals surface area contributed by atoms with E-state index in [9.17, 15) is 4.79 Å². The molecule has 0 saturated carbocycles. The van der Waals surface area contributed by atoms with Crippen molar-refractivity contribution >= 4 is 34.0 Å². The Morgan fingerprint density at radius 1 is 1.18 bits per heavy atom. The molecule has 0 bridgehead atoms. The number of para-hydroxylation sites is 1. The molecule has 0 N–H and O–H groups in total. The number of hydrogen-bond acceptors (Lipinski definition) is 7. The quantitative estimate of drug-likeness (QED) is 0.249. The molecule has 1 aliphatic heterocycles. The SMILES string of the molecule is CCOc1ccc(-c2nc(CSc3nc4ccccc4c(=O)n3CC3CCCO3)cs2)cc1. The van der Waals surface area contributed by atoms with Gasteiger partial charge in [-0.1, -0.05) is 23.9 Å². The van der Waals surface area contributed by atoms with E-state index in [0.717, 1.165) is 47.0 Å². The number of benzene rings is 2. The van der Waals surface area contributed by atoms with Crippen LogP contribution >= 0.6 is 23.1 Å². The summed E-state index contributed by atoms with van der Waals surface area (Å²) in [6.45, 7) is 3.92. The average molecular weight is 480 g/mol. The van der Waals surface area contributed by atoms with Gasteiger partial charge in [-0.25, -0.2) is 9.97 Å². The van der Waals surface area contributed by atoms with E-state index in [2.05, 4.69) is 5.38 Å². The number of hydrogen-bond donors (Lipinski definition) is 0. The Kier molecular flexibility index (Phi) is 6.75. The maximum absolute atomic E-state index is 13.2. The molecule has 0 spiro atoms. The number of rotatable bonds is 8. The number of thioether (sulfide) groups is 1. The smallest absolute Gasteiger partial charge is 0.262 e. The van der Waals surface area contributed by atoms with Crippen molar-refractivity contribution in [2.75, 3.05) is 13.2 Å². The lowest BCUT2D eigenvalue weighted by Crippen LogP contribution is -2.28. The van der Waals surface area contributed by atoms with Crippen molar-refractivity contribution in [2.45, 2.75) is 43.3 Å². The Hall–Kier alpha value is -2.68. The fourth-order valence-electron chi connectivity index (χ4n) is 3.92. The molecular weight excluding hydrogens is 454 g/mol. The van der Waals surface area contributed by atoms with Crippen molar-refractivity contribution in [3.05, 3.63) is 70.0 Å². The van der Waals surface area contributed by atoms with Crippen molar-refractivity contribution in [3.63, 3.8) is 0 Å². The molecule has 0 aliphatic carbocycles. The summed E-state index contributed by atoms with van der Waals surface area (Å²) in [5, 5.41) is 4.40. The van der Waals surface area contributed by atoms with Gasteiger partial charge in [-0.05, 0) is 56.2 Å². The zero-order valence-corrected chi connectivity index (χ0v) is 20.0. The second-order valence-corrected chi connectivity index (χ2v) is 9.65. The van der Waals surface area contributed by atoms with Gasteiger partial charge in [0.15, 0.2) is 5.16 Å². The van der Waals surface area contributed by atoms with Crippen LogP contribution in [0.25, 0.3) is 21.5 Å². The first-order valence-electron chi connectivity index (χ1n) is 11.1. The van der Waals surface area contributed by atoms with Gasteiger partial charge in [-0.15, -0.1) is 11.3 Å². The summed E-state index contributed by atoms with van der Waals surface area (Å²) in [4.78, 5) is 22.9. The van der Waals surface area contributed by atoms with Gasteiger partial charge in [0, 0.05) is 23.3 Å². The number of ether oxygens (including phenoxy) is 2. The van der Waals surface area contributed by atoms with Crippen molar-refractivity contribution in [1.82, 2.24) is 14.5 Å². The maximum atomic E-state index is 13.2. The third-order valence-corrected chi connectivity index (χ3v) is 7.50. The zero-order chi connectivity index (χ0) is 22.6. The van der Waals surface area contributed by atoms with Gasteiger partial charge in [-0.3, -0.25) is 9.36 Å². The number of nitrogens with zero attached hydrogens (tertiary/aromatic N) is 3. The Balaban J connectivity index is 1.37. The van der Waals surface area contributed by atoms with Crippen LogP contribution in [0.1, 0.15) is 25.5 Å². The summed E-state index contributed by atoms with van der Waals surface area (Å²) in [6.07, 6.45) is 2.08. The van der Waals surface area contributed by atoms with E-state index in [1.54, 1.807) is 27.7 Å². The van der Waals surface area contributed by atoms with Crippen LogP contribution in [0, 0.1) is 0 Å². The molecule has 2 aromatic heterocycles. The highest BCUT2D eigenvalue weighted by atomic mass is 32.2. The van der Waals surface area contributed by atoms with E-state index in [4.69, 9.17) is 19.4 Å². The minimum Gasteiger partial charge on any atom is -0.494 e. The summed E-state index contributed by atoms with van der Waals surface area (Å²) < 4.78 is 13.1. The highest BCUT2D eigenvalue weighted by molar-refractivity contribution is 7.98. The molecule has 8 heteroatoms. The Morgan fingerprint density at radius 3 is 2.82 bits per heavy atom. The van der Waals surface area contributed by atoms with Gasteiger partial charge in [0.25, 0.3) is 5.56 Å². The van der Waals surface area contributed by atoms with Crippen molar-refractivity contribution in [1.29, 1.82) is 0 Å². The maximum Gasteiger partial charge on any atom is 0.262 e. The molecular formula is C25H25N3O3S2. The predicted octanol–water partition coefficient (Wildman–Crippen LogP) is 5.39. The van der Waals surface area contributed by atoms with E-state index >= 15 is 0 Å². The van der Waals surface area contributed by atoms with Crippen LogP contribution in [-0.4, -0.2) is 33.9 Å². The molecule has 4 aromatic rings. The molecule has 2 aromatic carbocycles. The highest BCUT2D eigenvalue weighted by Gasteiger charge is 2.20. The number of thiazole rings is 1. The molecule has 1 unspecified atom stereocenters. The molecule has 170 valence electrons. The van der Waals surface area contributed by atoms with Gasteiger partial charge in [0.05, 0.1) is 35.9 Å². The molecule has 1 atom stereocenters. The largest absolute Gasteiger partial charge is 0.494 e. The molecule has 1 aliphatic rings. The monoisotopic (exact) mass is 479 g/mol. The minimum atomic E-state index is -0.00745. The molecule has 0 radical (unpaired) electrons. The third kappa shape index (κ3) is 4.98. The van der Waals surface area contributed by atoms with Gasteiger partial charge < -0.3 is 9.47 Å². The standard InChI is InChI=1S/C25H25N3O3S2/c1-2-30-19-11-9-17(10-12-19)23-26-18(15-32-23)16-33-25-27-22-8-4-3-7-21(22)24(29)28(25)14-20-6-5-13-31-20/h3-4,7-12,15,20H,2,5-6,13-14,16H2,1H3. The fraction of sp³-hybridized carbons (Fsp3) is 0.320. The lowest BCUT2D eigenvalue weighted by Gasteiger charge is -2.16. The summed E-state index contributed by atoms with van der Waals surface area (Å²) >= 11 is 3.17. The first kappa shape index (κ1) is 22.1. The summed E-state index contributed by atoms with van der Waals surface area (Å²) in [7, 11) is 0. The van der Waals surface area contributed by atoms with E-state index in [0.29, 0.717) is 29.4 Å². The third-order valence-electron chi connectivity index (χ3n) is 5.55. The molecule has 0 amide bonds. The highest BCUT2D eigenvalue weighted by Crippen LogP contribution is 2.29. The molecule has 1 fully saturated rings. The van der Waals surface area contributed by atoms with Crippen LogP contribution in [0.5, 0.6) is 5.75 Å². The lowest BCUT2D eigenvalue weighted by atomic mass is 10.2.